The van der Waals surface area contributed by atoms with E-state index < -0.39 is 11.9 Å². The normalized spacial score (nSPS) is 18.9. The van der Waals surface area contributed by atoms with Crippen molar-refractivity contribution < 1.29 is 19.1 Å². The van der Waals surface area contributed by atoms with Gasteiger partial charge in [-0.2, -0.15) is 4.98 Å². The Labute approximate surface area is 326 Å². The van der Waals surface area contributed by atoms with Crippen LogP contribution in [0.5, 0.6) is 5.88 Å². The van der Waals surface area contributed by atoms with E-state index in [1.165, 1.54) is 47.6 Å². The second kappa shape index (κ2) is 17.0. The molecule has 0 spiro atoms. The van der Waals surface area contributed by atoms with E-state index in [2.05, 4.69) is 31.3 Å². The lowest BCUT2D eigenvalue weighted by molar-refractivity contribution is -0.135. The van der Waals surface area contributed by atoms with Crippen molar-refractivity contribution in [3.05, 3.63) is 70.5 Å². The molecule has 1 saturated carbocycles. The quantitative estimate of drug-likeness (QED) is 0.103. The molecule has 0 bridgehead atoms. The van der Waals surface area contributed by atoms with Crippen LogP contribution in [-0.4, -0.2) is 85.3 Å². The van der Waals surface area contributed by atoms with E-state index in [9.17, 15) is 14.4 Å². The van der Waals surface area contributed by atoms with Crippen molar-refractivity contribution in [3.8, 4) is 5.88 Å². The zero-order chi connectivity index (χ0) is 38.6. The van der Waals surface area contributed by atoms with Crippen LogP contribution < -0.4 is 21.1 Å². The Morgan fingerprint density at radius 2 is 1.75 bits per heavy atom. The number of anilines is 2. The van der Waals surface area contributed by atoms with Crippen molar-refractivity contribution in [1.82, 2.24) is 38.9 Å². The monoisotopic (exact) mass is 763 g/mol. The van der Waals surface area contributed by atoms with Crippen LogP contribution in [0.25, 0.3) is 22.1 Å². The summed E-state index contributed by atoms with van der Waals surface area (Å²) in [5.41, 5.74) is 5.63. The van der Waals surface area contributed by atoms with Crippen LogP contribution in [0.15, 0.2) is 53.7 Å². The first-order valence-electron chi connectivity index (χ1n) is 20.3. The zero-order valence-corrected chi connectivity index (χ0v) is 32.5. The number of carbonyl (C=O) groups is 2. The largest absolute Gasteiger partial charge is 0.481 e. The molecule has 296 valence electrons. The van der Waals surface area contributed by atoms with Gasteiger partial charge < -0.3 is 24.3 Å². The smallest absolute Gasteiger partial charge is 0.329 e. The van der Waals surface area contributed by atoms with Crippen molar-refractivity contribution >= 4 is 45.5 Å². The molecule has 4 aromatic heterocycles. The van der Waals surface area contributed by atoms with Gasteiger partial charge in [0.05, 0.1) is 18.1 Å². The number of rotatable bonds is 14. The molecule has 1 aliphatic carbocycles. The first-order chi connectivity index (χ1) is 27.4. The minimum Gasteiger partial charge on any atom is -0.481 e. The number of imidazole rings is 1. The summed E-state index contributed by atoms with van der Waals surface area (Å²) in [6, 6.07) is 9.51. The number of nitrogens with zero attached hydrogens (tertiary/aromatic N) is 7. The van der Waals surface area contributed by atoms with E-state index in [0.29, 0.717) is 42.3 Å². The molecule has 0 radical (unpaired) electrons. The number of carbonyl (C=O) groups excluding carboxylic acids is 2. The second-order valence-electron chi connectivity index (χ2n) is 15.6. The zero-order valence-electron chi connectivity index (χ0n) is 32.5. The van der Waals surface area contributed by atoms with E-state index in [0.717, 1.165) is 80.8 Å². The number of aromatic nitrogens is 6. The van der Waals surface area contributed by atoms with E-state index in [4.69, 9.17) is 19.4 Å². The highest BCUT2D eigenvalue weighted by molar-refractivity contribution is 6.00. The molecule has 1 unspecified atom stereocenters. The Morgan fingerprint density at radius 1 is 0.929 bits per heavy atom. The van der Waals surface area contributed by atoms with Crippen LogP contribution in [0.4, 0.5) is 11.6 Å². The number of amides is 2. The first-order valence-corrected chi connectivity index (χ1v) is 20.3. The van der Waals surface area contributed by atoms with Crippen LogP contribution in [0.1, 0.15) is 99.8 Å². The van der Waals surface area contributed by atoms with Crippen molar-refractivity contribution in [1.29, 1.82) is 0 Å². The number of piperidine rings is 2. The van der Waals surface area contributed by atoms with Crippen LogP contribution in [0.3, 0.4) is 0 Å². The van der Waals surface area contributed by atoms with Gasteiger partial charge >= 0.3 is 5.69 Å². The number of likely N-dealkylation sites (tertiary alicyclic amines) is 1. The molecule has 14 heteroatoms. The van der Waals surface area contributed by atoms with Gasteiger partial charge in [0, 0.05) is 75.0 Å². The van der Waals surface area contributed by atoms with E-state index in [1.54, 1.807) is 24.9 Å². The SMILES string of the molecule is COc1cc(Nc2ncc3c(C4CCN(CCCOCCCc5ccc6c(c5)n(C)c(=O)n6C5CCC(=O)NC5=O)CC4)cn(C4CCCCC4)c3n2)ccn1. The fraction of sp³-hybridized carbons (Fsp3) is 0.524. The molecule has 1 aromatic carbocycles. The number of ether oxygens (including phenoxy) is 2. The summed E-state index contributed by atoms with van der Waals surface area (Å²) < 4.78 is 16.9. The van der Waals surface area contributed by atoms with Gasteiger partial charge in [0.15, 0.2) is 0 Å². The van der Waals surface area contributed by atoms with Crippen LogP contribution in [0.2, 0.25) is 0 Å². The number of hydrogen-bond acceptors (Lipinski definition) is 10. The number of aryl methyl sites for hydroxylation is 2. The summed E-state index contributed by atoms with van der Waals surface area (Å²) >= 11 is 0. The Bertz CT molecular complexity index is 2250. The maximum Gasteiger partial charge on any atom is 0.329 e. The first kappa shape index (κ1) is 37.8. The summed E-state index contributed by atoms with van der Waals surface area (Å²) in [5, 5.41) is 6.90. The van der Waals surface area contributed by atoms with Crippen LogP contribution >= 0.6 is 0 Å². The number of nitrogens with one attached hydrogen (secondary N) is 2. The van der Waals surface area contributed by atoms with Gasteiger partial charge in [0.1, 0.15) is 11.7 Å². The lowest BCUT2D eigenvalue weighted by Gasteiger charge is -2.32. The molecule has 2 aliphatic heterocycles. The average Bonchev–Trinajstić information content (AvgIpc) is 3.71. The molecule has 1 atom stereocenters. The van der Waals surface area contributed by atoms with Crippen molar-refractivity contribution in [3.63, 3.8) is 0 Å². The summed E-state index contributed by atoms with van der Waals surface area (Å²) in [6.45, 7) is 4.58. The lowest BCUT2D eigenvalue weighted by atomic mass is 9.89. The Balaban J connectivity index is 0.810. The Hall–Kier alpha value is -5.08. The fourth-order valence-corrected chi connectivity index (χ4v) is 8.94. The van der Waals surface area contributed by atoms with E-state index in [1.807, 2.05) is 36.5 Å². The summed E-state index contributed by atoms with van der Waals surface area (Å²) in [5.74, 6) is 0.902. The number of methoxy groups -OCH3 is 1. The molecule has 2 amide bonds. The molecule has 2 N–H and O–H groups in total. The Morgan fingerprint density at radius 3 is 2.55 bits per heavy atom. The van der Waals surface area contributed by atoms with Crippen molar-refractivity contribution in [2.45, 2.75) is 95.1 Å². The number of imide groups is 1. The van der Waals surface area contributed by atoms with Gasteiger partial charge in [-0.15, -0.1) is 0 Å². The fourth-order valence-electron chi connectivity index (χ4n) is 8.94. The van der Waals surface area contributed by atoms with Gasteiger partial charge in [-0.05, 0) is 99.7 Å². The highest BCUT2D eigenvalue weighted by Gasteiger charge is 2.31. The molecule has 5 aromatic rings. The molecule has 2 saturated heterocycles. The summed E-state index contributed by atoms with van der Waals surface area (Å²) in [4.78, 5) is 53.9. The third kappa shape index (κ3) is 8.08. The predicted molar refractivity (Wildman–Crippen MR) is 214 cm³/mol. The Kier molecular flexibility index (Phi) is 11.5. The number of fused-ring (bicyclic) bond motifs is 2. The minimum atomic E-state index is -0.675. The number of benzene rings is 1. The number of hydrogen-bond donors (Lipinski definition) is 2. The molecule has 14 nitrogen and oxygen atoms in total. The highest BCUT2D eigenvalue weighted by Crippen LogP contribution is 2.38. The van der Waals surface area contributed by atoms with Gasteiger partial charge in [0.25, 0.3) is 0 Å². The maximum atomic E-state index is 13.1. The molecular formula is C42H53N9O5. The molecule has 6 heterocycles. The molecule has 3 fully saturated rings. The van der Waals surface area contributed by atoms with Crippen LogP contribution in [0, 0.1) is 0 Å². The van der Waals surface area contributed by atoms with Gasteiger partial charge in [0.2, 0.25) is 23.6 Å². The summed E-state index contributed by atoms with van der Waals surface area (Å²) in [7, 11) is 3.34. The maximum absolute atomic E-state index is 13.1. The van der Waals surface area contributed by atoms with E-state index in [-0.39, 0.29) is 18.0 Å². The minimum absolute atomic E-state index is 0.227. The topological polar surface area (TPSA) is 150 Å². The average molecular weight is 764 g/mol. The summed E-state index contributed by atoms with van der Waals surface area (Å²) in [6.07, 6.45) is 17.9. The third-order valence-electron chi connectivity index (χ3n) is 12.0. The third-order valence-corrected chi connectivity index (χ3v) is 12.0. The molecule has 56 heavy (non-hydrogen) atoms. The lowest BCUT2D eigenvalue weighted by Crippen LogP contribution is -2.44. The van der Waals surface area contributed by atoms with Gasteiger partial charge in [-0.1, -0.05) is 25.3 Å². The highest BCUT2D eigenvalue weighted by atomic mass is 16.5. The predicted octanol–water partition coefficient (Wildman–Crippen LogP) is 5.93. The van der Waals surface area contributed by atoms with Crippen LogP contribution in [-0.2, 0) is 27.8 Å². The van der Waals surface area contributed by atoms with Crippen molar-refractivity contribution in [2.75, 3.05) is 45.3 Å². The second-order valence-corrected chi connectivity index (χ2v) is 15.6. The van der Waals surface area contributed by atoms with Gasteiger partial charge in [-0.25, -0.2) is 14.8 Å². The molecule has 3 aliphatic rings. The van der Waals surface area contributed by atoms with Crippen molar-refractivity contribution in [2.24, 2.45) is 7.05 Å². The standard InChI is InChI=1S/C42H53N9O5/c1-48-36-24-28(11-12-34(36)51(42(48)54)35-13-14-37(52)46-40(35)53)8-6-22-56-23-7-19-49-20-16-29(17-21-49)33-27-50(31-9-4-3-5-10-31)39-32(33)26-44-41(47-39)45-30-15-18-43-38(25-30)55-2/h11-12,15,18,24-27,29,31,35H,3-10,13-14,16-17,19-23H2,1-2H3,(H,46,52,53)(H,43,44,45,47). The van der Waals surface area contributed by atoms with Gasteiger partial charge in [-0.3, -0.25) is 24.0 Å². The molecular weight excluding hydrogens is 711 g/mol. The van der Waals surface area contributed by atoms with E-state index >= 15 is 0 Å². The number of pyridine rings is 1. The molecule has 8 rings (SSSR count).